The third kappa shape index (κ3) is 2.52. The molecule has 6 heteroatoms. The predicted molar refractivity (Wildman–Crippen MR) is 114 cm³/mol. The van der Waals surface area contributed by atoms with Crippen LogP contribution in [0.15, 0.2) is 72.1 Å². The smallest absolute Gasteiger partial charge is 0.268 e. The summed E-state index contributed by atoms with van der Waals surface area (Å²) in [5.74, 6) is 0.658. The number of amides is 2. The summed E-state index contributed by atoms with van der Waals surface area (Å²) in [6, 6.07) is 21.6. The minimum absolute atomic E-state index is 0.0232. The molecule has 0 N–H and O–H groups in total. The van der Waals surface area contributed by atoms with Gasteiger partial charge in [0.25, 0.3) is 11.8 Å². The van der Waals surface area contributed by atoms with E-state index >= 15 is 0 Å². The number of nitrogens with zero attached hydrogens (tertiary/aromatic N) is 2. The molecule has 1 spiro atoms. The van der Waals surface area contributed by atoms with Crippen molar-refractivity contribution in [3.05, 3.63) is 88.1 Å². The van der Waals surface area contributed by atoms with Crippen LogP contribution in [-0.2, 0) is 16.2 Å². The number of hydrogen-bond acceptors (Lipinski definition) is 4. The van der Waals surface area contributed by atoms with Gasteiger partial charge >= 0.3 is 0 Å². The Balaban J connectivity index is 1.59. The summed E-state index contributed by atoms with van der Waals surface area (Å²) in [5.41, 5.74) is 2.89. The number of carbonyl (C=O) groups is 2. The molecule has 2 aromatic carbocycles. The number of benzene rings is 2. The number of thiophene rings is 1. The first kappa shape index (κ1) is 17.5. The highest BCUT2D eigenvalue weighted by molar-refractivity contribution is 8.01. The molecule has 2 aliphatic rings. The molecule has 1 aromatic heterocycles. The molecule has 4 nitrogen and oxygen atoms in total. The van der Waals surface area contributed by atoms with Gasteiger partial charge in [-0.1, -0.05) is 54.6 Å². The molecular formula is C22H18N2O2S2. The third-order valence-electron chi connectivity index (χ3n) is 5.26. The van der Waals surface area contributed by atoms with Crippen molar-refractivity contribution in [2.45, 2.75) is 11.4 Å². The number of para-hydroxylation sites is 1. The van der Waals surface area contributed by atoms with Gasteiger partial charge in [-0.2, -0.15) is 0 Å². The molecule has 1 atom stereocenters. The van der Waals surface area contributed by atoms with Crippen molar-refractivity contribution in [3.8, 4) is 0 Å². The molecule has 3 aromatic rings. The zero-order valence-electron chi connectivity index (χ0n) is 15.1. The van der Waals surface area contributed by atoms with Crippen LogP contribution in [0.1, 0.15) is 20.8 Å². The highest BCUT2D eigenvalue weighted by Crippen LogP contribution is 2.54. The Labute approximate surface area is 171 Å². The first-order valence-electron chi connectivity index (χ1n) is 9.16. The minimum atomic E-state index is -0.966. The van der Waals surface area contributed by atoms with Crippen LogP contribution in [0.5, 0.6) is 0 Å². The molecule has 3 heterocycles. The maximum absolute atomic E-state index is 13.8. The summed E-state index contributed by atoms with van der Waals surface area (Å²) < 4.78 is 0. The fraction of sp³-hybridized carbons (Fsp3) is 0.182. The van der Waals surface area contributed by atoms with Gasteiger partial charge in [-0.3, -0.25) is 9.59 Å². The molecule has 0 aliphatic carbocycles. The number of carbonyl (C=O) groups excluding carboxylic acids is 2. The molecule has 1 fully saturated rings. The quantitative estimate of drug-likeness (QED) is 0.650. The van der Waals surface area contributed by atoms with Gasteiger partial charge in [0, 0.05) is 17.9 Å². The minimum Gasteiger partial charge on any atom is -0.310 e. The lowest BCUT2D eigenvalue weighted by Crippen LogP contribution is -2.50. The fourth-order valence-electron chi connectivity index (χ4n) is 4.02. The van der Waals surface area contributed by atoms with Crippen molar-refractivity contribution >= 4 is 40.6 Å². The SMILES string of the molecule is O=C(c1cccs1)N1CCS[C@]12C(=O)N(Cc1ccccc1)c1ccccc12. The van der Waals surface area contributed by atoms with Crippen LogP contribution in [-0.4, -0.2) is 29.0 Å². The Kier molecular flexibility index (Phi) is 4.25. The highest BCUT2D eigenvalue weighted by atomic mass is 32.2. The first-order valence-corrected chi connectivity index (χ1v) is 11.0. The number of hydrogen-bond donors (Lipinski definition) is 0. The van der Waals surface area contributed by atoms with Gasteiger partial charge in [-0.15, -0.1) is 23.1 Å². The van der Waals surface area contributed by atoms with Crippen LogP contribution in [0.4, 0.5) is 5.69 Å². The highest BCUT2D eigenvalue weighted by Gasteiger charge is 2.59. The summed E-state index contributed by atoms with van der Waals surface area (Å²) in [6.45, 7) is 1.07. The zero-order chi connectivity index (χ0) is 19.1. The maximum Gasteiger partial charge on any atom is 0.268 e. The Morgan fingerprint density at radius 3 is 2.57 bits per heavy atom. The zero-order valence-corrected chi connectivity index (χ0v) is 16.7. The maximum atomic E-state index is 13.8. The lowest BCUT2D eigenvalue weighted by atomic mass is 10.1. The van der Waals surface area contributed by atoms with E-state index in [0.29, 0.717) is 18.0 Å². The van der Waals surface area contributed by atoms with E-state index in [9.17, 15) is 9.59 Å². The van der Waals surface area contributed by atoms with Gasteiger partial charge < -0.3 is 9.80 Å². The Bertz CT molecular complexity index is 1040. The average molecular weight is 407 g/mol. The number of rotatable bonds is 3. The molecule has 2 amide bonds. The van der Waals surface area contributed by atoms with Gasteiger partial charge in [-0.05, 0) is 23.1 Å². The topological polar surface area (TPSA) is 40.6 Å². The van der Waals surface area contributed by atoms with Gasteiger partial charge in [-0.25, -0.2) is 0 Å². The van der Waals surface area contributed by atoms with E-state index in [1.807, 2.05) is 77.0 Å². The summed E-state index contributed by atoms with van der Waals surface area (Å²) in [4.78, 5) is 30.3. The standard InChI is InChI=1S/C22H18N2O2S2/c25-20(19-11-6-13-27-19)24-12-14-28-22(24)17-9-4-5-10-18(17)23(21(22)26)15-16-7-2-1-3-8-16/h1-11,13H,12,14-15H2/t22-/m1/s1. The van der Waals surface area contributed by atoms with E-state index in [-0.39, 0.29) is 11.8 Å². The van der Waals surface area contributed by atoms with Crippen LogP contribution in [0.3, 0.4) is 0 Å². The summed E-state index contributed by atoms with van der Waals surface area (Å²) in [5, 5.41) is 1.90. The molecule has 1 saturated heterocycles. The van der Waals surface area contributed by atoms with E-state index in [2.05, 4.69) is 0 Å². The van der Waals surface area contributed by atoms with Crippen molar-refractivity contribution in [1.82, 2.24) is 4.90 Å². The van der Waals surface area contributed by atoms with Crippen LogP contribution >= 0.6 is 23.1 Å². The second-order valence-electron chi connectivity index (χ2n) is 6.82. The van der Waals surface area contributed by atoms with E-state index in [1.54, 1.807) is 16.7 Å². The number of anilines is 1. The Morgan fingerprint density at radius 1 is 1.00 bits per heavy atom. The molecular weight excluding hydrogens is 388 g/mol. The Hall–Kier alpha value is -2.57. The first-order chi connectivity index (χ1) is 13.7. The lowest BCUT2D eigenvalue weighted by molar-refractivity contribution is -0.123. The second-order valence-corrected chi connectivity index (χ2v) is 9.06. The second kappa shape index (κ2) is 6.79. The van der Waals surface area contributed by atoms with Crippen LogP contribution < -0.4 is 4.90 Å². The van der Waals surface area contributed by atoms with E-state index < -0.39 is 4.87 Å². The lowest BCUT2D eigenvalue weighted by Gasteiger charge is -2.33. The van der Waals surface area contributed by atoms with Crippen molar-refractivity contribution in [2.75, 3.05) is 17.2 Å². The van der Waals surface area contributed by atoms with E-state index in [4.69, 9.17) is 0 Å². The van der Waals surface area contributed by atoms with Crippen LogP contribution in [0, 0.1) is 0 Å². The fourth-order valence-corrected chi connectivity index (χ4v) is 6.16. The normalized spacial score (nSPS) is 20.8. The molecule has 140 valence electrons. The molecule has 2 aliphatic heterocycles. The summed E-state index contributed by atoms with van der Waals surface area (Å²) >= 11 is 2.99. The Morgan fingerprint density at radius 2 is 1.79 bits per heavy atom. The van der Waals surface area contributed by atoms with Gasteiger partial charge in [0.05, 0.1) is 17.1 Å². The van der Waals surface area contributed by atoms with Crippen molar-refractivity contribution in [2.24, 2.45) is 0 Å². The number of thioether (sulfide) groups is 1. The van der Waals surface area contributed by atoms with Crippen molar-refractivity contribution in [1.29, 1.82) is 0 Å². The van der Waals surface area contributed by atoms with Crippen LogP contribution in [0.2, 0.25) is 0 Å². The number of fused-ring (bicyclic) bond motifs is 2. The van der Waals surface area contributed by atoms with Crippen molar-refractivity contribution in [3.63, 3.8) is 0 Å². The van der Waals surface area contributed by atoms with Crippen molar-refractivity contribution < 1.29 is 9.59 Å². The predicted octanol–water partition coefficient (Wildman–Crippen LogP) is 4.34. The largest absolute Gasteiger partial charge is 0.310 e. The van der Waals surface area contributed by atoms with Gasteiger partial charge in [0.15, 0.2) is 4.87 Å². The monoisotopic (exact) mass is 406 g/mol. The molecule has 5 rings (SSSR count). The molecule has 0 saturated carbocycles. The molecule has 0 radical (unpaired) electrons. The molecule has 0 unspecified atom stereocenters. The van der Waals surface area contributed by atoms with E-state index in [0.717, 1.165) is 22.6 Å². The van der Waals surface area contributed by atoms with Gasteiger partial charge in [0.2, 0.25) is 0 Å². The van der Waals surface area contributed by atoms with E-state index in [1.165, 1.54) is 11.3 Å². The van der Waals surface area contributed by atoms with Crippen LogP contribution in [0.25, 0.3) is 0 Å². The average Bonchev–Trinajstić information content (AvgIpc) is 3.46. The molecule has 0 bridgehead atoms. The summed E-state index contributed by atoms with van der Waals surface area (Å²) in [6.07, 6.45) is 0. The summed E-state index contributed by atoms with van der Waals surface area (Å²) in [7, 11) is 0. The molecule has 28 heavy (non-hydrogen) atoms. The third-order valence-corrected chi connectivity index (χ3v) is 7.54. The van der Waals surface area contributed by atoms with Gasteiger partial charge in [0.1, 0.15) is 0 Å².